The van der Waals surface area contributed by atoms with Crippen molar-refractivity contribution in [3.05, 3.63) is 35.4 Å². The van der Waals surface area contributed by atoms with E-state index in [2.05, 4.69) is 4.86 Å². The summed E-state index contributed by atoms with van der Waals surface area (Å²) in [6.45, 7) is 2.04. The van der Waals surface area contributed by atoms with Crippen LogP contribution in [0, 0.1) is 6.92 Å². The second-order valence-electron chi connectivity index (χ2n) is 3.74. The highest BCUT2D eigenvalue weighted by molar-refractivity contribution is 7.65. The van der Waals surface area contributed by atoms with Crippen molar-refractivity contribution in [3.8, 4) is 0 Å². The molecular weight excluding hydrogens is 260 g/mol. The van der Waals surface area contributed by atoms with E-state index in [-0.39, 0.29) is 5.37 Å². The summed E-state index contributed by atoms with van der Waals surface area (Å²) in [5.41, 5.74) is 2.28. The zero-order valence-electron chi connectivity index (χ0n) is 10.4. The Morgan fingerprint density at radius 2 is 1.78 bits per heavy atom. The highest BCUT2D eigenvalue weighted by Crippen LogP contribution is 2.17. The van der Waals surface area contributed by atoms with Gasteiger partial charge < -0.3 is 10.0 Å². The van der Waals surface area contributed by atoms with Crippen LogP contribution in [0.3, 0.4) is 0 Å². The zero-order valence-corrected chi connectivity index (χ0v) is 11.2. The summed E-state index contributed by atoms with van der Waals surface area (Å²) in [7, 11) is 1.54. The van der Waals surface area contributed by atoms with Crippen LogP contribution in [0.1, 0.15) is 16.5 Å². The van der Waals surface area contributed by atoms with Crippen LogP contribution in [0.15, 0.2) is 24.3 Å². The molecule has 1 aromatic carbocycles. The van der Waals surface area contributed by atoms with E-state index in [1.165, 1.54) is 5.56 Å². The number of halogens is 1. The van der Waals surface area contributed by atoms with Crippen LogP contribution in [0.5, 0.6) is 0 Å². The first-order valence-corrected chi connectivity index (χ1v) is 5.88. The summed E-state index contributed by atoms with van der Waals surface area (Å²) in [5, 5.41) is 14.6. The molecule has 0 spiro atoms. The number of hydrogen-bond acceptors (Lipinski definition) is 5. The first kappa shape index (κ1) is 17.1. The molecule has 0 saturated heterocycles. The van der Waals surface area contributed by atoms with Crippen molar-refractivity contribution in [1.29, 1.82) is 0 Å². The van der Waals surface area contributed by atoms with E-state index in [4.69, 9.17) is 10.0 Å². The fourth-order valence-electron chi connectivity index (χ4n) is 1.17. The number of rotatable bonds is 4. The molecule has 0 aromatic heterocycles. The smallest absolute Gasteiger partial charge is 0.400 e. The fraction of sp³-hybridized carbons (Fsp3) is 0.400. The summed E-state index contributed by atoms with van der Waals surface area (Å²) < 4.78 is 20.9. The van der Waals surface area contributed by atoms with E-state index in [1.54, 1.807) is 0 Å². The lowest BCUT2D eigenvalue weighted by Crippen LogP contribution is -2.18. The van der Waals surface area contributed by atoms with Gasteiger partial charge in [-0.2, -0.15) is 4.86 Å². The van der Waals surface area contributed by atoms with Gasteiger partial charge in [0, 0.05) is 9.77 Å². The van der Waals surface area contributed by atoms with Crippen molar-refractivity contribution < 1.29 is 23.6 Å². The summed E-state index contributed by atoms with van der Waals surface area (Å²) in [4.78, 5) is 4.28. The van der Waals surface area contributed by atoms with E-state index in [1.807, 2.05) is 50.2 Å². The maximum absolute atomic E-state index is 10.8. The van der Waals surface area contributed by atoms with Gasteiger partial charge in [-0.3, -0.25) is 0 Å². The third kappa shape index (κ3) is 6.72. The van der Waals surface area contributed by atoms with Crippen LogP contribution in [0.4, 0.5) is 4.53 Å². The molecule has 0 heterocycles. The molecule has 5 nitrogen and oxygen atoms in total. The van der Waals surface area contributed by atoms with Gasteiger partial charge in [0.05, 0.1) is 0 Å². The predicted octanol–water partition coefficient (Wildman–Crippen LogP) is 0.840. The number of benzene rings is 1. The number of nitrogens with zero attached hydrogens (tertiary/aromatic N) is 1. The molecule has 8 heteroatoms. The minimum absolute atomic E-state index is 0.0828. The van der Waals surface area contributed by atoms with Crippen LogP contribution < -0.4 is 0 Å². The van der Waals surface area contributed by atoms with Crippen molar-refractivity contribution in [1.82, 2.24) is 4.90 Å². The van der Waals surface area contributed by atoms with E-state index < -0.39 is 7.32 Å². The van der Waals surface area contributed by atoms with Crippen LogP contribution in [0.2, 0.25) is 0 Å². The maximum Gasteiger partial charge on any atom is 0.667 e. The molecule has 18 heavy (non-hydrogen) atoms. The van der Waals surface area contributed by atoms with Gasteiger partial charge in [-0.15, -0.1) is 0 Å². The van der Waals surface area contributed by atoms with Crippen LogP contribution >= 0.6 is 0 Å². The molecule has 0 radical (unpaired) electrons. The van der Waals surface area contributed by atoms with Gasteiger partial charge in [0.25, 0.3) is 0 Å². The highest BCUT2D eigenvalue weighted by atomic mass is 32.1. The Morgan fingerprint density at radius 3 is 2.06 bits per heavy atom. The molecule has 0 fully saturated rings. The summed E-state index contributed by atoms with van der Waals surface area (Å²) in [6.07, 6.45) is 0. The standard InChI is InChI=1S/C10H14NOS.BFH2O3/c1-8-4-6-9(7-5-8)10(13-12)11(2)3;2-5-1(3)4/h4-7,10H,1-3H3;3-4H/q+1;. The molecule has 1 rings (SSSR count). The molecule has 0 bridgehead atoms. The predicted molar refractivity (Wildman–Crippen MR) is 68.0 cm³/mol. The van der Waals surface area contributed by atoms with Gasteiger partial charge in [0.1, 0.15) is 0 Å². The Kier molecular flexibility index (Phi) is 8.60. The van der Waals surface area contributed by atoms with Crippen LogP contribution in [0.25, 0.3) is 0 Å². The average Bonchev–Trinajstić information content (AvgIpc) is 2.33. The van der Waals surface area contributed by atoms with Gasteiger partial charge >= 0.3 is 24.4 Å². The lowest BCUT2D eigenvalue weighted by molar-refractivity contribution is -0.0560. The quantitative estimate of drug-likeness (QED) is 0.484. The van der Waals surface area contributed by atoms with Gasteiger partial charge in [0.15, 0.2) is 0 Å². The molecule has 0 aliphatic carbocycles. The first-order chi connectivity index (χ1) is 8.42. The Bertz CT molecular complexity index is 350. The SMILES string of the molecule is Cc1ccc(C([S+]=O)N(C)C)cc1.OB(O)OF. The second kappa shape index (κ2) is 9.06. The molecule has 1 aromatic rings. The largest absolute Gasteiger partial charge is 0.667 e. The van der Waals surface area contributed by atoms with Crippen molar-refractivity contribution in [2.24, 2.45) is 0 Å². The van der Waals surface area contributed by atoms with E-state index in [0.717, 1.165) is 5.56 Å². The van der Waals surface area contributed by atoms with Crippen LogP contribution in [-0.2, 0) is 20.7 Å². The van der Waals surface area contributed by atoms with Crippen molar-refractivity contribution in [3.63, 3.8) is 0 Å². The third-order valence-corrected chi connectivity index (χ3v) is 2.88. The lowest BCUT2D eigenvalue weighted by atomic mass is 10.1. The molecule has 1 unspecified atom stereocenters. The van der Waals surface area contributed by atoms with Crippen molar-refractivity contribution in [2.45, 2.75) is 12.3 Å². The molecule has 0 aliphatic heterocycles. The molecule has 0 saturated carbocycles. The van der Waals surface area contributed by atoms with Crippen molar-refractivity contribution in [2.75, 3.05) is 14.1 Å². The molecule has 100 valence electrons. The monoisotopic (exact) mass is 276 g/mol. The van der Waals surface area contributed by atoms with Gasteiger partial charge in [0.2, 0.25) is 0 Å². The Labute approximate surface area is 110 Å². The second-order valence-corrected chi connectivity index (χ2v) is 4.38. The van der Waals surface area contributed by atoms with E-state index in [9.17, 15) is 8.74 Å². The van der Waals surface area contributed by atoms with Gasteiger partial charge in [-0.25, -0.2) is 4.90 Å². The van der Waals surface area contributed by atoms with E-state index in [0.29, 0.717) is 11.7 Å². The fourth-order valence-corrected chi connectivity index (χ4v) is 1.61. The number of aryl methyl sites for hydroxylation is 1. The Morgan fingerprint density at radius 1 is 1.33 bits per heavy atom. The topological polar surface area (TPSA) is 70.0 Å². The lowest BCUT2D eigenvalue weighted by Gasteiger charge is -2.08. The maximum atomic E-state index is 10.8. The number of hydrogen-bond donors (Lipinski definition) is 2. The molecule has 1 atom stereocenters. The zero-order chi connectivity index (χ0) is 14.1. The highest BCUT2D eigenvalue weighted by Gasteiger charge is 2.26. The van der Waals surface area contributed by atoms with Gasteiger partial charge in [-0.1, -0.05) is 34.4 Å². The van der Waals surface area contributed by atoms with Gasteiger partial charge in [-0.05, 0) is 21.0 Å². The normalized spacial score (nSPS) is 11.5. The van der Waals surface area contributed by atoms with Crippen molar-refractivity contribution >= 4 is 19.0 Å². The third-order valence-electron chi connectivity index (χ3n) is 2.00. The van der Waals surface area contributed by atoms with Crippen LogP contribution in [-0.4, -0.2) is 36.4 Å². The molecule has 0 amide bonds. The summed E-state index contributed by atoms with van der Waals surface area (Å²) in [6, 6.07) is 8.07. The molecular formula is C10H16BFNO4S+. The summed E-state index contributed by atoms with van der Waals surface area (Å²) >= 11 is 0.613. The summed E-state index contributed by atoms with van der Waals surface area (Å²) in [5.74, 6) is 0. The minimum atomic E-state index is -2.28. The average molecular weight is 276 g/mol. The van der Waals surface area contributed by atoms with E-state index >= 15 is 0 Å². The first-order valence-electron chi connectivity index (χ1n) is 5.07. The molecule has 0 aliphatic rings. The Hall–Kier alpha value is -0.925. The Balaban J connectivity index is 0.000000494. The minimum Gasteiger partial charge on any atom is -0.400 e. The molecule has 2 N–H and O–H groups in total.